The number of methoxy groups -OCH3 is 1. The fourth-order valence-corrected chi connectivity index (χ4v) is 1.12. The molecule has 6 nitrogen and oxygen atoms in total. The van der Waals surface area contributed by atoms with E-state index < -0.39 is 0 Å². The van der Waals surface area contributed by atoms with Crippen LogP contribution in [0.4, 0.5) is 5.82 Å². The van der Waals surface area contributed by atoms with Crippen LogP contribution in [0.3, 0.4) is 0 Å². The highest BCUT2D eigenvalue weighted by atomic mass is 16.5. The van der Waals surface area contributed by atoms with Gasteiger partial charge in [-0.05, 0) is 12.1 Å². The van der Waals surface area contributed by atoms with Gasteiger partial charge in [-0.3, -0.25) is 0 Å². The molecule has 2 aromatic heterocycles. The Morgan fingerprint density at radius 3 is 3.00 bits per heavy atom. The number of hydrogen-bond donors (Lipinski definition) is 1. The fraction of sp³-hybridized carbons (Fsp3) is 0.222. The van der Waals surface area contributed by atoms with E-state index in [0.29, 0.717) is 29.8 Å². The van der Waals surface area contributed by atoms with Gasteiger partial charge in [-0.1, -0.05) is 11.2 Å². The molecule has 0 amide bonds. The van der Waals surface area contributed by atoms with E-state index in [1.807, 2.05) is 0 Å². The summed E-state index contributed by atoms with van der Waals surface area (Å²) in [6.07, 6.45) is 0. The predicted octanol–water partition coefficient (Wildman–Crippen LogP) is 0.860. The maximum atomic E-state index is 5.54. The summed E-state index contributed by atoms with van der Waals surface area (Å²) in [5.74, 6) is 1.24. The van der Waals surface area contributed by atoms with Crippen LogP contribution in [-0.2, 0) is 11.3 Å². The molecule has 0 aromatic carbocycles. The molecule has 2 rings (SSSR count). The SMILES string of the molecule is COCc1noc(-c2cccc(N)n2)n1. The van der Waals surface area contributed by atoms with Crippen molar-refractivity contribution in [3.8, 4) is 11.6 Å². The first-order valence-corrected chi connectivity index (χ1v) is 4.34. The summed E-state index contributed by atoms with van der Waals surface area (Å²) in [5.41, 5.74) is 6.10. The lowest BCUT2D eigenvalue weighted by Crippen LogP contribution is -1.92. The second-order valence-electron chi connectivity index (χ2n) is 2.90. The summed E-state index contributed by atoms with van der Waals surface area (Å²) in [5, 5.41) is 3.72. The number of aromatic nitrogens is 3. The third-order valence-electron chi connectivity index (χ3n) is 1.73. The van der Waals surface area contributed by atoms with Crippen LogP contribution in [0.25, 0.3) is 11.6 Å². The smallest absolute Gasteiger partial charge is 0.276 e. The summed E-state index contributed by atoms with van der Waals surface area (Å²) >= 11 is 0. The van der Waals surface area contributed by atoms with E-state index in [0.717, 1.165) is 0 Å². The first-order valence-electron chi connectivity index (χ1n) is 4.34. The third kappa shape index (κ3) is 2.10. The van der Waals surface area contributed by atoms with Gasteiger partial charge < -0.3 is 15.0 Å². The number of anilines is 1. The molecule has 2 heterocycles. The van der Waals surface area contributed by atoms with Gasteiger partial charge in [0.05, 0.1) is 0 Å². The number of nitrogen functional groups attached to an aromatic ring is 1. The molecule has 0 aliphatic heterocycles. The average Bonchev–Trinajstić information content (AvgIpc) is 2.67. The molecule has 15 heavy (non-hydrogen) atoms. The molecule has 0 unspecified atom stereocenters. The highest BCUT2D eigenvalue weighted by molar-refractivity contribution is 5.49. The van der Waals surface area contributed by atoms with Crippen molar-refractivity contribution in [2.24, 2.45) is 0 Å². The molecular weight excluding hydrogens is 196 g/mol. The molecule has 0 atom stereocenters. The molecule has 0 bridgehead atoms. The lowest BCUT2D eigenvalue weighted by Gasteiger charge is -1.94. The summed E-state index contributed by atoms with van der Waals surface area (Å²) in [6, 6.07) is 5.22. The lowest BCUT2D eigenvalue weighted by atomic mass is 10.3. The topological polar surface area (TPSA) is 87.1 Å². The molecule has 0 radical (unpaired) electrons. The minimum atomic E-state index is 0.311. The molecular formula is C9H10N4O2. The van der Waals surface area contributed by atoms with Gasteiger partial charge in [-0.25, -0.2) is 4.98 Å². The Labute approximate surface area is 86.1 Å². The van der Waals surface area contributed by atoms with Crippen molar-refractivity contribution in [2.75, 3.05) is 12.8 Å². The van der Waals surface area contributed by atoms with Crippen LogP contribution in [0.5, 0.6) is 0 Å². The Hall–Kier alpha value is -1.95. The Kier molecular flexibility index (Phi) is 2.59. The van der Waals surface area contributed by atoms with Gasteiger partial charge in [0.15, 0.2) is 5.82 Å². The zero-order chi connectivity index (χ0) is 10.7. The largest absolute Gasteiger partial charge is 0.384 e. The fourth-order valence-electron chi connectivity index (χ4n) is 1.12. The van der Waals surface area contributed by atoms with E-state index in [4.69, 9.17) is 15.0 Å². The van der Waals surface area contributed by atoms with Gasteiger partial charge >= 0.3 is 0 Å². The molecule has 6 heteroatoms. The monoisotopic (exact) mass is 206 g/mol. The van der Waals surface area contributed by atoms with E-state index >= 15 is 0 Å². The first kappa shape index (κ1) is 9.60. The Balaban J connectivity index is 2.29. The van der Waals surface area contributed by atoms with Crippen LogP contribution < -0.4 is 5.73 Å². The highest BCUT2D eigenvalue weighted by Crippen LogP contribution is 2.15. The second kappa shape index (κ2) is 4.05. The molecule has 0 saturated heterocycles. The molecule has 0 aliphatic rings. The standard InChI is InChI=1S/C9H10N4O2/c1-14-5-8-12-9(15-13-8)6-3-2-4-7(10)11-6/h2-4H,5H2,1H3,(H2,10,11). The summed E-state index contributed by atoms with van der Waals surface area (Å²) in [6.45, 7) is 0.311. The molecule has 78 valence electrons. The normalized spacial score (nSPS) is 10.5. The molecule has 0 fully saturated rings. The summed E-state index contributed by atoms with van der Waals surface area (Å²) in [4.78, 5) is 8.15. The van der Waals surface area contributed by atoms with E-state index in [9.17, 15) is 0 Å². The molecule has 0 saturated carbocycles. The molecule has 2 N–H and O–H groups in total. The average molecular weight is 206 g/mol. The van der Waals surface area contributed by atoms with Gasteiger partial charge in [-0.15, -0.1) is 0 Å². The lowest BCUT2D eigenvalue weighted by molar-refractivity contribution is 0.174. The molecule has 0 spiro atoms. The first-order chi connectivity index (χ1) is 7.29. The number of nitrogens with two attached hydrogens (primary N) is 1. The van der Waals surface area contributed by atoms with Gasteiger partial charge in [0.25, 0.3) is 5.89 Å². The van der Waals surface area contributed by atoms with Crippen LogP contribution in [0.15, 0.2) is 22.7 Å². The van der Waals surface area contributed by atoms with Gasteiger partial charge in [0.2, 0.25) is 0 Å². The van der Waals surface area contributed by atoms with Crippen molar-refractivity contribution in [2.45, 2.75) is 6.61 Å². The Morgan fingerprint density at radius 2 is 2.27 bits per heavy atom. The van der Waals surface area contributed by atoms with Crippen molar-refractivity contribution < 1.29 is 9.26 Å². The summed E-state index contributed by atoms with van der Waals surface area (Å²) in [7, 11) is 1.56. The van der Waals surface area contributed by atoms with Crippen molar-refractivity contribution in [3.63, 3.8) is 0 Å². The molecule has 0 aliphatic carbocycles. The Bertz CT molecular complexity index is 455. The second-order valence-corrected chi connectivity index (χ2v) is 2.90. The third-order valence-corrected chi connectivity index (χ3v) is 1.73. The van der Waals surface area contributed by atoms with E-state index in [-0.39, 0.29) is 0 Å². The number of rotatable bonds is 3. The zero-order valence-electron chi connectivity index (χ0n) is 8.17. The number of pyridine rings is 1. The zero-order valence-corrected chi connectivity index (χ0v) is 8.17. The number of nitrogens with zero attached hydrogens (tertiary/aromatic N) is 3. The van der Waals surface area contributed by atoms with Crippen LogP contribution in [0, 0.1) is 0 Å². The Morgan fingerprint density at radius 1 is 1.40 bits per heavy atom. The highest BCUT2D eigenvalue weighted by Gasteiger charge is 2.09. The van der Waals surface area contributed by atoms with Crippen molar-refractivity contribution >= 4 is 5.82 Å². The summed E-state index contributed by atoms with van der Waals surface area (Å²) < 4.78 is 9.87. The van der Waals surface area contributed by atoms with Crippen molar-refractivity contribution in [1.82, 2.24) is 15.1 Å². The van der Waals surface area contributed by atoms with Crippen LogP contribution in [0.2, 0.25) is 0 Å². The van der Waals surface area contributed by atoms with E-state index in [1.54, 1.807) is 25.3 Å². The number of hydrogen-bond acceptors (Lipinski definition) is 6. The van der Waals surface area contributed by atoms with Crippen molar-refractivity contribution in [1.29, 1.82) is 0 Å². The van der Waals surface area contributed by atoms with Gasteiger partial charge in [0.1, 0.15) is 18.1 Å². The van der Waals surface area contributed by atoms with E-state index in [1.165, 1.54) is 0 Å². The van der Waals surface area contributed by atoms with E-state index in [2.05, 4.69) is 15.1 Å². The van der Waals surface area contributed by atoms with Crippen LogP contribution in [-0.4, -0.2) is 22.2 Å². The minimum Gasteiger partial charge on any atom is -0.384 e. The maximum Gasteiger partial charge on any atom is 0.276 e. The van der Waals surface area contributed by atoms with Crippen LogP contribution >= 0.6 is 0 Å². The van der Waals surface area contributed by atoms with Gasteiger partial charge in [0, 0.05) is 7.11 Å². The predicted molar refractivity (Wildman–Crippen MR) is 52.7 cm³/mol. The van der Waals surface area contributed by atoms with Gasteiger partial charge in [-0.2, -0.15) is 4.98 Å². The molecule has 2 aromatic rings. The quantitative estimate of drug-likeness (QED) is 0.801. The number of ether oxygens (including phenoxy) is 1. The minimum absolute atomic E-state index is 0.311. The van der Waals surface area contributed by atoms with Crippen molar-refractivity contribution in [3.05, 3.63) is 24.0 Å². The van der Waals surface area contributed by atoms with Crippen LogP contribution in [0.1, 0.15) is 5.82 Å². The maximum absolute atomic E-state index is 5.54.